The van der Waals surface area contributed by atoms with Crippen LogP contribution in [0.25, 0.3) is 0 Å². The van der Waals surface area contributed by atoms with Crippen molar-refractivity contribution in [3.63, 3.8) is 0 Å². The average molecular weight is 1250 g/mol. The predicted octanol–water partition coefficient (Wildman–Crippen LogP) is 12.2. The number of primary amides is 1. The number of benzene rings is 4. The van der Waals surface area contributed by atoms with E-state index >= 15 is 0 Å². The summed E-state index contributed by atoms with van der Waals surface area (Å²) in [6.45, 7) is 4.64. The van der Waals surface area contributed by atoms with Gasteiger partial charge >= 0.3 is 49.2 Å². The lowest BCUT2D eigenvalue weighted by Crippen LogP contribution is -2.53. The van der Waals surface area contributed by atoms with Gasteiger partial charge in [0.05, 0.1) is 81.4 Å². The summed E-state index contributed by atoms with van der Waals surface area (Å²) in [6.07, 6.45) is -32.3. The molecular weight excluding hydrogens is 1200 g/mol. The van der Waals surface area contributed by atoms with Crippen molar-refractivity contribution in [1.29, 1.82) is 0 Å². The van der Waals surface area contributed by atoms with E-state index < -0.39 is 154 Å². The van der Waals surface area contributed by atoms with E-state index in [4.69, 9.17) is 15.2 Å². The Morgan fingerprint density at radius 1 is 0.523 bits per heavy atom. The minimum atomic E-state index is -5.27. The summed E-state index contributed by atoms with van der Waals surface area (Å²) < 4.78 is 259. The normalized spacial score (nSPS) is 16.6. The first-order chi connectivity index (χ1) is 39.9. The molecule has 6 aromatic rings. The van der Waals surface area contributed by atoms with E-state index in [0.29, 0.717) is 53.3 Å². The summed E-state index contributed by atoms with van der Waals surface area (Å²) in [5.74, 6) is -1.95. The quantitative estimate of drug-likeness (QED) is 0.110. The Hall–Kier alpha value is -8.63. The Morgan fingerprint density at radius 3 is 1.21 bits per heavy atom. The lowest BCUT2D eigenvalue weighted by molar-refractivity contribution is -0.144. The summed E-state index contributed by atoms with van der Waals surface area (Å²) in [7, 11) is 0. The fourth-order valence-electron chi connectivity index (χ4n) is 9.54. The van der Waals surface area contributed by atoms with Gasteiger partial charge in [-0.3, -0.25) is 14.6 Å². The number of carbonyl (C=O) groups excluding carboxylic acids is 3. The van der Waals surface area contributed by atoms with Gasteiger partial charge in [-0.1, -0.05) is 19.1 Å². The van der Waals surface area contributed by atoms with Crippen LogP contribution < -0.4 is 25.3 Å². The van der Waals surface area contributed by atoms with Gasteiger partial charge in [-0.15, -0.1) is 20.4 Å². The van der Waals surface area contributed by atoms with Gasteiger partial charge in [0.2, 0.25) is 17.6 Å². The highest BCUT2D eigenvalue weighted by atomic mass is 19.4. The van der Waals surface area contributed by atoms with E-state index in [1.54, 1.807) is 13.8 Å². The molecule has 0 radical (unpaired) electrons. The second-order valence-electron chi connectivity index (χ2n) is 18.9. The zero-order valence-electron chi connectivity index (χ0n) is 44.5. The third-order valence-corrected chi connectivity index (χ3v) is 13.3. The van der Waals surface area contributed by atoms with Crippen molar-refractivity contribution in [1.82, 2.24) is 40.8 Å². The number of hydrogen-bond donors (Lipinski definition) is 2. The largest absolute Gasteiger partial charge is 0.449 e. The molecule has 0 saturated heterocycles. The Balaban J connectivity index is 0.000000247. The molecule has 466 valence electrons. The molecule has 2 aromatic heterocycles. The standard InChI is InChI=1S/C26H24F9N7O3.C24H21F9N6O2/c1-3-17-11-40(19-10-14(24(27,28)29)5-6-18(19)42(17)23(44)45-4-2)21(22-37-39-41(38-22)12-20(36)43)13-7-15(25(30,31)32)9-16(8-13)26(33,34)35;1-3-16-11-38(18-10-13(22(25,26)27)5-6-17(18)39(16)21(40)41-4-2)19(20-34-36-37-35-20)12-7-14(23(28,29)30)9-15(8-12)24(31,32)33/h5-10,17,21H,3-4,11-12H2,1-2H3,(H2,36,43);5-10,16,19H,3-4,11H2,1-2H3,(H,34,35,36,37). The van der Waals surface area contributed by atoms with Crippen LogP contribution in [0.3, 0.4) is 0 Å². The maximum absolute atomic E-state index is 13.9. The number of nitrogens with zero attached hydrogens (tertiary/aromatic N) is 11. The molecule has 0 bridgehead atoms. The number of rotatable bonds is 12. The molecule has 0 saturated carbocycles. The monoisotopic (exact) mass is 1250 g/mol. The number of H-pyrrole nitrogens is 1. The van der Waals surface area contributed by atoms with Crippen molar-refractivity contribution >= 4 is 40.8 Å². The number of tetrazole rings is 2. The van der Waals surface area contributed by atoms with Crippen molar-refractivity contribution in [2.24, 2.45) is 5.73 Å². The molecule has 4 heterocycles. The molecule has 3 N–H and O–H groups in total. The molecule has 86 heavy (non-hydrogen) atoms. The third-order valence-electron chi connectivity index (χ3n) is 13.3. The maximum atomic E-state index is 13.9. The SMILES string of the molecule is CCOC(=O)N1c2ccc(C(F)(F)F)cc2N(C(c2cc(C(F)(F)F)cc(C(F)(F)F)c2)c2nn[nH]n2)CC1CC.CCOC(=O)N1c2ccc(C(F)(F)F)cc2N(C(c2cc(C(F)(F)F)cc(C(F)(F)F)c2)c2nnn(CC(N)=O)n2)CC1CC. The van der Waals surface area contributed by atoms with Gasteiger partial charge in [0.25, 0.3) is 0 Å². The zero-order valence-corrected chi connectivity index (χ0v) is 44.5. The molecule has 36 heteroatoms. The van der Waals surface area contributed by atoms with Crippen molar-refractivity contribution in [3.8, 4) is 0 Å². The van der Waals surface area contributed by atoms with E-state index in [9.17, 15) is 93.4 Å². The van der Waals surface area contributed by atoms with Gasteiger partial charge < -0.3 is 25.0 Å². The van der Waals surface area contributed by atoms with Gasteiger partial charge in [0, 0.05) is 13.1 Å². The topological polar surface area (TPSA) is 207 Å². The van der Waals surface area contributed by atoms with Crippen LogP contribution in [-0.2, 0) is 57.9 Å². The molecule has 2 aliphatic rings. The number of nitrogens with two attached hydrogens (primary N) is 1. The van der Waals surface area contributed by atoms with E-state index in [1.807, 2.05) is 0 Å². The minimum absolute atomic E-state index is 0.0681. The molecular formula is C50H45F18N13O5. The number of anilines is 4. The van der Waals surface area contributed by atoms with Crippen LogP contribution in [0.2, 0.25) is 0 Å². The number of aromatic nitrogens is 8. The average Bonchev–Trinajstić information content (AvgIpc) is 0.955. The van der Waals surface area contributed by atoms with Crippen LogP contribution >= 0.6 is 0 Å². The van der Waals surface area contributed by atoms with Gasteiger partial charge in [0.1, 0.15) is 18.6 Å². The van der Waals surface area contributed by atoms with Crippen molar-refractivity contribution in [3.05, 3.63) is 129 Å². The summed E-state index contributed by atoms with van der Waals surface area (Å²) in [5.41, 5.74) is -6.27. The van der Waals surface area contributed by atoms with Crippen LogP contribution in [0, 0.1) is 0 Å². The van der Waals surface area contributed by atoms with E-state index in [-0.39, 0.29) is 61.8 Å². The molecule has 8 rings (SSSR count). The highest BCUT2D eigenvalue weighted by Crippen LogP contribution is 2.50. The Labute approximate surface area is 472 Å². The molecule has 0 spiro atoms. The zero-order chi connectivity index (χ0) is 63.8. The predicted molar refractivity (Wildman–Crippen MR) is 263 cm³/mol. The lowest BCUT2D eigenvalue weighted by atomic mass is 9.94. The Morgan fingerprint density at radius 2 is 0.895 bits per heavy atom. The highest BCUT2D eigenvalue weighted by molar-refractivity contribution is 5.96. The maximum Gasteiger partial charge on any atom is 0.416 e. The van der Waals surface area contributed by atoms with Crippen LogP contribution in [0.5, 0.6) is 0 Å². The lowest BCUT2D eigenvalue weighted by Gasteiger charge is -2.45. The molecule has 4 unspecified atom stereocenters. The van der Waals surface area contributed by atoms with Crippen LogP contribution in [0.4, 0.5) is 111 Å². The van der Waals surface area contributed by atoms with Gasteiger partial charge in [-0.2, -0.15) is 89.0 Å². The first-order valence-corrected chi connectivity index (χ1v) is 25.2. The van der Waals surface area contributed by atoms with E-state index in [0.717, 1.165) is 31.7 Å². The summed E-state index contributed by atoms with van der Waals surface area (Å²) in [4.78, 5) is 42.3. The molecule has 3 amide bonds. The third kappa shape index (κ3) is 14.2. The number of halogens is 18. The molecule has 4 aromatic carbocycles. The smallest absolute Gasteiger partial charge is 0.416 e. The van der Waals surface area contributed by atoms with Crippen LogP contribution in [0.15, 0.2) is 72.8 Å². The van der Waals surface area contributed by atoms with Crippen molar-refractivity contribution in [2.45, 2.75) is 108 Å². The van der Waals surface area contributed by atoms with E-state index in [1.165, 1.54) is 13.8 Å². The second-order valence-corrected chi connectivity index (χ2v) is 18.9. The highest BCUT2D eigenvalue weighted by Gasteiger charge is 2.47. The number of hydrogen-bond acceptors (Lipinski definition) is 13. The van der Waals surface area contributed by atoms with Crippen molar-refractivity contribution < 1.29 is 103 Å². The molecule has 4 atom stereocenters. The minimum Gasteiger partial charge on any atom is -0.449 e. The fourth-order valence-corrected chi connectivity index (χ4v) is 9.54. The summed E-state index contributed by atoms with van der Waals surface area (Å²) >= 11 is 0. The van der Waals surface area contributed by atoms with Gasteiger partial charge in [-0.25, -0.2) is 9.59 Å². The van der Waals surface area contributed by atoms with Crippen LogP contribution in [0.1, 0.15) is 109 Å². The van der Waals surface area contributed by atoms with Crippen LogP contribution in [-0.4, -0.2) is 97.3 Å². The molecule has 2 aliphatic heterocycles. The number of nitrogens with one attached hydrogen (secondary N) is 1. The Bertz CT molecular complexity index is 3340. The molecule has 0 fully saturated rings. The number of aromatic amines is 1. The number of amides is 3. The summed E-state index contributed by atoms with van der Waals surface area (Å²) in [5, 5.41) is 24.2. The fraction of sp³-hybridized carbons (Fsp3) is 0.420. The number of fused-ring (bicyclic) bond motifs is 2. The first-order valence-electron chi connectivity index (χ1n) is 25.2. The van der Waals surface area contributed by atoms with E-state index in [2.05, 4.69) is 36.0 Å². The molecule has 18 nitrogen and oxygen atoms in total. The van der Waals surface area contributed by atoms with Gasteiger partial charge in [0.15, 0.2) is 0 Å². The van der Waals surface area contributed by atoms with Gasteiger partial charge in [-0.05, 0) is 116 Å². The first kappa shape index (κ1) is 64.9. The summed E-state index contributed by atoms with van der Waals surface area (Å²) in [6, 6.07) is 0.827. The number of alkyl halides is 18. The Kier molecular flexibility index (Phi) is 18.4. The molecule has 0 aliphatic carbocycles. The number of ether oxygens (including phenoxy) is 2. The second kappa shape index (κ2) is 24.4. The number of carbonyl (C=O) groups is 3. The van der Waals surface area contributed by atoms with Crippen molar-refractivity contribution in [2.75, 3.05) is 45.9 Å².